The Bertz CT molecular complexity index is 541. The molecule has 0 aliphatic carbocycles. The molecule has 1 rings (SSSR count). The molecule has 0 radical (unpaired) electrons. The highest BCUT2D eigenvalue weighted by Crippen LogP contribution is 2.40. The Labute approximate surface area is 136 Å². The van der Waals surface area contributed by atoms with E-state index in [1.165, 1.54) is 0 Å². The molecule has 0 fully saturated rings. The maximum absolute atomic E-state index is 9.66. The summed E-state index contributed by atoms with van der Waals surface area (Å²) in [7, 11) is -2.42. The van der Waals surface area contributed by atoms with Crippen LogP contribution in [0.3, 0.4) is 0 Å². The molecule has 0 amide bonds. The van der Waals surface area contributed by atoms with E-state index < -0.39 is 8.96 Å². The van der Waals surface area contributed by atoms with Crippen molar-refractivity contribution in [1.29, 1.82) is 10.0 Å². The molecule has 4 heteroatoms. The second-order valence-electron chi connectivity index (χ2n) is 6.24. The fourth-order valence-corrected chi connectivity index (χ4v) is 8.06. The van der Waals surface area contributed by atoms with Crippen LogP contribution in [0.4, 0.5) is 0 Å². The van der Waals surface area contributed by atoms with Crippen LogP contribution >= 0.6 is 0 Å². The monoisotopic (exact) mass is 321 g/mol. The molecule has 0 saturated heterocycles. The Kier molecular flexibility index (Phi) is 7.22. The first-order valence-corrected chi connectivity index (χ1v) is 11.1. The zero-order valence-electron chi connectivity index (χ0n) is 14.4. The molecule has 1 N–H and O–H groups in total. The molecule has 0 bridgehead atoms. The van der Waals surface area contributed by atoms with E-state index in [1.807, 2.05) is 12.1 Å². The summed E-state index contributed by atoms with van der Waals surface area (Å²) in [6, 6.07) is 6.06. The van der Waals surface area contributed by atoms with Crippen LogP contribution in [-0.4, -0.2) is 22.2 Å². The van der Waals surface area contributed by atoms with Gasteiger partial charge in [0, 0.05) is 11.1 Å². The van der Waals surface area contributed by atoms with Crippen molar-refractivity contribution in [3.63, 3.8) is 0 Å². The van der Waals surface area contributed by atoms with Gasteiger partial charge in [-0.1, -0.05) is 40.0 Å². The summed E-state index contributed by atoms with van der Waals surface area (Å²) in [5.41, 5.74) is 0.456. The molecule has 0 saturated carbocycles. The highest BCUT2D eigenvalue weighted by atomic mass is 32.3. The largest absolute Gasteiger partial charge is 0.294 e. The van der Waals surface area contributed by atoms with Crippen molar-refractivity contribution in [2.24, 2.45) is 0 Å². The molecular formula is C18H31N3S. The highest BCUT2D eigenvalue weighted by molar-refractivity contribution is 8.20. The van der Waals surface area contributed by atoms with E-state index in [9.17, 15) is 10.0 Å². The van der Waals surface area contributed by atoms with Gasteiger partial charge < -0.3 is 0 Å². The van der Waals surface area contributed by atoms with E-state index >= 15 is 0 Å². The van der Waals surface area contributed by atoms with Crippen LogP contribution in [0.2, 0.25) is 0 Å². The van der Waals surface area contributed by atoms with E-state index in [0.29, 0.717) is 5.69 Å². The van der Waals surface area contributed by atoms with Crippen molar-refractivity contribution in [2.75, 3.05) is 17.3 Å². The number of nitriles is 1. The Morgan fingerprint density at radius 2 is 1.55 bits per heavy atom. The molecule has 0 aliphatic heterocycles. The summed E-state index contributed by atoms with van der Waals surface area (Å²) in [4.78, 5) is 5.21. The lowest BCUT2D eigenvalue weighted by atomic mass is 10.4. The number of pyridine rings is 1. The van der Waals surface area contributed by atoms with E-state index in [2.05, 4.69) is 31.8 Å². The molecule has 0 aromatic carbocycles. The van der Waals surface area contributed by atoms with Crippen molar-refractivity contribution in [2.45, 2.75) is 64.2 Å². The SMILES string of the molecule is CCCCS(=N)(CCCC)(CCCC)c1ccnc(C#N)c1. The van der Waals surface area contributed by atoms with Gasteiger partial charge in [0.1, 0.15) is 11.8 Å². The third-order valence-corrected chi connectivity index (χ3v) is 9.75. The molecule has 1 aromatic heterocycles. The van der Waals surface area contributed by atoms with Gasteiger partial charge >= 0.3 is 0 Å². The molecule has 1 aromatic rings. The summed E-state index contributed by atoms with van der Waals surface area (Å²) >= 11 is 0. The van der Waals surface area contributed by atoms with Gasteiger partial charge in [-0.2, -0.15) is 14.2 Å². The van der Waals surface area contributed by atoms with Gasteiger partial charge in [0.05, 0.1) is 0 Å². The second-order valence-corrected chi connectivity index (χ2v) is 11.1. The minimum atomic E-state index is -2.42. The minimum absolute atomic E-state index is 0.456. The second kappa shape index (κ2) is 8.43. The van der Waals surface area contributed by atoms with Crippen LogP contribution in [0.15, 0.2) is 23.2 Å². The third kappa shape index (κ3) is 4.39. The van der Waals surface area contributed by atoms with Crippen LogP contribution in [-0.2, 0) is 8.96 Å². The maximum Gasteiger partial charge on any atom is 0.141 e. The summed E-state index contributed by atoms with van der Waals surface area (Å²) in [5, 5.41) is 9.18. The van der Waals surface area contributed by atoms with Crippen LogP contribution in [0.25, 0.3) is 0 Å². The Balaban J connectivity index is 3.38. The first kappa shape index (κ1) is 18.8. The zero-order chi connectivity index (χ0) is 16.5. The van der Waals surface area contributed by atoms with Gasteiger partial charge in [0.15, 0.2) is 0 Å². The Morgan fingerprint density at radius 1 is 1.05 bits per heavy atom. The number of nitrogens with zero attached hydrogens (tertiary/aromatic N) is 2. The summed E-state index contributed by atoms with van der Waals surface area (Å²) in [6.07, 6.45) is 8.40. The fourth-order valence-electron chi connectivity index (χ4n) is 2.94. The average molecular weight is 322 g/mol. The number of rotatable bonds is 10. The summed E-state index contributed by atoms with van der Waals surface area (Å²) in [5.74, 6) is 2.92. The number of nitrogens with one attached hydrogen (secondary N) is 1. The minimum Gasteiger partial charge on any atom is -0.294 e. The van der Waals surface area contributed by atoms with E-state index in [0.717, 1.165) is 60.7 Å². The van der Waals surface area contributed by atoms with E-state index in [4.69, 9.17) is 0 Å². The number of hydrogen-bond acceptors (Lipinski definition) is 3. The summed E-state index contributed by atoms with van der Waals surface area (Å²) in [6.45, 7) is 6.60. The van der Waals surface area contributed by atoms with Crippen LogP contribution < -0.4 is 0 Å². The van der Waals surface area contributed by atoms with Crippen molar-refractivity contribution >= 4 is 8.96 Å². The van der Waals surface area contributed by atoms with Gasteiger partial charge in [0.25, 0.3) is 0 Å². The van der Waals surface area contributed by atoms with Gasteiger partial charge in [-0.25, -0.2) is 4.98 Å². The molecule has 0 aliphatic rings. The van der Waals surface area contributed by atoms with Crippen molar-refractivity contribution in [3.8, 4) is 6.07 Å². The lowest BCUT2D eigenvalue weighted by Crippen LogP contribution is -2.42. The number of hydrogen-bond donors (Lipinski definition) is 1. The quantitative estimate of drug-likeness (QED) is 0.646. The average Bonchev–Trinajstić information content (AvgIpc) is 2.57. The van der Waals surface area contributed by atoms with Crippen LogP contribution in [0.5, 0.6) is 0 Å². The molecule has 1 heterocycles. The molecule has 3 nitrogen and oxygen atoms in total. The normalized spacial score (nSPS) is 13.3. The highest BCUT2D eigenvalue weighted by Gasteiger charge is 2.33. The molecule has 124 valence electrons. The first-order chi connectivity index (χ1) is 10.5. The van der Waals surface area contributed by atoms with Gasteiger partial charge in [-0.3, -0.25) is 4.78 Å². The first-order valence-electron chi connectivity index (χ1n) is 8.55. The van der Waals surface area contributed by atoms with Gasteiger partial charge in [0.2, 0.25) is 0 Å². The lowest BCUT2D eigenvalue weighted by Gasteiger charge is -2.47. The molecular weight excluding hydrogens is 290 g/mol. The third-order valence-electron chi connectivity index (χ3n) is 4.44. The molecule has 22 heavy (non-hydrogen) atoms. The van der Waals surface area contributed by atoms with E-state index in [-0.39, 0.29) is 0 Å². The fraction of sp³-hybridized carbons (Fsp3) is 0.667. The Hall–Kier alpha value is -1.21. The summed E-state index contributed by atoms with van der Waals surface area (Å²) < 4.78 is 9.66. The van der Waals surface area contributed by atoms with Crippen molar-refractivity contribution < 1.29 is 0 Å². The lowest BCUT2D eigenvalue weighted by molar-refractivity contribution is 0.830. The van der Waals surface area contributed by atoms with Crippen LogP contribution in [0, 0.1) is 16.1 Å². The van der Waals surface area contributed by atoms with Gasteiger partial charge in [-0.15, -0.1) is 0 Å². The van der Waals surface area contributed by atoms with E-state index in [1.54, 1.807) is 6.20 Å². The predicted octanol–water partition coefficient (Wildman–Crippen LogP) is 5.16. The van der Waals surface area contributed by atoms with Crippen LogP contribution in [0.1, 0.15) is 65.0 Å². The molecule has 0 spiro atoms. The van der Waals surface area contributed by atoms with Crippen molar-refractivity contribution in [1.82, 2.24) is 4.98 Å². The standard InChI is InChI=1S/C18H31N3S/c1-4-7-12-22(20,13-8-5-2,14-9-6-3)18-10-11-21-17(15-18)16-19/h10-11,15,20H,4-9,12-14H2,1-3H3. The zero-order valence-corrected chi connectivity index (χ0v) is 15.2. The molecule has 0 unspecified atom stereocenters. The van der Waals surface area contributed by atoms with Crippen molar-refractivity contribution in [3.05, 3.63) is 24.0 Å². The number of unbranched alkanes of at least 4 members (excludes halogenated alkanes) is 3. The smallest absolute Gasteiger partial charge is 0.141 e. The maximum atomic E-state index is 9.66. The van der Waals surface area contributed by atoms with Gasteiger partial charge in [-0.05, 0) is 48.7 Å². The number of aromatic nitrogens is 1. The Morgan fingerprint density at radius 3 is 1.95 bits per heavy atom. The predicted molar refractivity (Wildman–Crippen MR) is 96.6 cm³/mol. The topological polar surface area (TPSA) is 60.5 Å². The molecule has 0 atom stereocenters.